The molecule has 6 heteroatoms. The number of hydrogen-bond acceptors (Lipinski definition) is 3. The number of carbonyl (C=O) groups is 1. The predicted molar refractivity (Wildman–Crippen MR) is 73.1 cm³/mol. The van der Waals surface area contributed by atoms with E-state index in [0.717, 1.165) is 0 Å². The number of rotatable bonds is 2. The topological polar surface area (TPSA) is 68.0 Å². The standard InChI is InChI=1S/C12H9Cl2N3O/c13-7-4-8(14)6-9(5-7)17-12(18)11-10(15)2-1-3-16-11/h1-6H,15H2,(H,17,18). The van der Waals surface area contributed by atoms with Crippen molar-refractivity contribution in [1.82, 2.24) is 4.98 Å². The molecule has 18 heavy (non-hydrogen) atoms. The molecule has 4 nitrogen and oxygen atoms in total. The molecule has 0 fully saturated rings. The molecular weight excluding hydrogens is 273 g/mol. The molecule has 0 radical (unpaired) electrons. The van der Waals surface area contributed by atoms with Gasteiger partial charge in [0, 0.05) is 21.9 Å². The summed E-state index contributed by atoms with van der Waals surface area (Å²) in [6.45, 7) is 0. The molecule has 3 N–H and O–H groups in total. The van der Waals surface area contributed by atoms with Crippen molar-refractivity contribution in [2.24, 2.45) is 0 Å². The third kappa shape index (κ3) is 2.91. The number of halogens is 2. The molecule has 92 valence electrons. The lowest BCUT2D eigenvalue weighted by Gasteiger charge is -2.07. The fraction of sp³-hybridized carbons (Fsp3) is 0. The Kier molecular flexibility index (Phi) is 3.69. The van der Waals surface area contributed by atoms with Crippen LogP contribution in [0.1, 0.15) is 10.5 Å². The number of nitrogens with one attached hydrogen (secondary N) is 1. The van der Waals surface area contributed by atoms with E-state index in [-0.39, 0.29) is 5.69 Å². The largest absolute Gasteiger partial charge is 0.397 e. The fourth-order valence-corrected chi connectivity index (χ4v) is 1.95. The van der Waals surface area contributed by atoms with Crippen LogP contribution in [0.2, 0.25) is 10.0 Å². The number of carbonyl (C=O) groups excluding carboxylic acids is 1. The second-order valence-corrected chi connectivity index (χ2v) is 4.43. The number of pyridine rings is 1. The minimum absolute atomic E-state index is 0.161. The predicted octanol–water partition coefficient (Wildman–Crippen LogP) is 3.22. The quantitative estimate of drug-likeness (QED) is 0.888. The van der Waals surface area contributed by atoms with Crippen LogP contribution in [0.4, 0.5) is 11.4 Å². The van der Waals surface area contributed by atoms with Crippen molar-refractivity contribution < 1.29 is 4.79 Å². The molecular formula is C12H9Cl2N3O. The summed E-state index contributed by atoms with van der Waals surface area (Å²) >= 11 is 11.7. The molecule has 0 saturated carbocycles. The number of aromatic nitrogens is 1. The van der Waals surface area contributed by atoms with Crippen LogP contribution in [0.25, 0.3) is 0 Å². The molecule has 1 aromatic heterocycles. The van der Waals surface area contributed by atoms with E-state index in [4.69, 9.17) is 28.9 Å². The van der Waals surface area contributed by atoms with E-state index in [1.165, 1.54) is 6.20 Å². The molecule has 2 aromatic rings. The lowest BCUT2D eigenvalue weighted by atomic mass is 10.2. The zero-order chi connectivity index (χ0) is 13.1. The first kappa shape index (κ1) is 12.7. The number of benzene rings is 1. The van der Waals surface area contributed by atoms with Crippen LogP contribution in [-0.4, -0.2) is 10.9 Å². The normalized spacial score (nSPS) is 10.1. The van der Waals surface area contributed by atoms with Crippen LogP contribution in [0.5, 0.6) is 0 Å². The first-order valence-electron chi connectivity index (χ1n) is 5.04. The monoisotopic (exact) mass is 281 g/mol. The molecule has 1 amide bonds. The summed E-state index contributed by atoms with van der Waals surface area (Å²) in [6.07, 6.45) is 1.50. The van der Waals surface area contributed by atoms with Gasteiger partial charge in [-0.25, -0.2) is 4.98 Å². The van der Waals surface area contributed by atoms with Gasteiger partial charge < -0.3 is 11.1 Å². The molecule has 0 aliphatic carbocycles. The zero-order valence-electron chi connectivity index (χ0n) is 9.15. The van der Waals surface area contributed by atoms with Gasteiger partial charge in [-0.15, -0.1) is 0 Å². The number of hydrogen-bond donors (Lipinski definition) is 2. The Hall–Kier alpha value is -1.78. The number of amides is 1. The van der Waals surface area contributed by atoms with E-state index >= 15 is 0 Å². The third-order valence-electron chi connectivity index (χ3n) is 2.17. The Morgan fingerprint density at radius 2 is 1.89 bits per heavy atom. The van der Waals surface area contributed by atoms with Gasteiger partial charge >= 0.3 is 0 Å². The molecule has 0 bridgehead atoms. The van der Waals surface area contributed by atoms with Crippen LogP contribution < -0.4 is 11.1 Å². The fourth-order valence-electron chi connectivity index (χ4n) is 1.42. The van der Waals surface area contributed by atoms with Gasteiger partial charge in [-0.2, -0.15) is 0 Å². The lowest BCUT2D eigenvalue weighted by molar-refractivity contribution is 0.102. The van der Waals surface area contributed by atoms with Gasteiger partial charge in [0.05, 0.1) is 5.69 Å². The zero-order valence-corrected chi connectivity index (χ0v) is 10.7. The van der Waals surface area contributed by atoms with Crippen LogP contribution in [0.15, 0.2) is 36.5 Å². The maximum atomic E-state index is 11.9. The van der Waals surface area contributed by atoms with Gasteiger partial charge in [0.25, 0.3) is 5.91 Å². The maximum absolute atomic E-state index is 11.9. The third-order valence-corrected chi connectivity index (χ3v) is 2.61. The number of nitrogens with two attached hydrogens (primary N) is 1. The Labute approximate surface area is 114 Å². The van der Waals surface area contributed by atoms with Gasteiger partial charge in [-0.1, -0.05) is 23.2 Å². The molecule has 1 heterocycles. The van der Waals surface area contributed by atoms with E-state index < -0.39 is 5.91 Å². The van der Waals surface area contributed by atoms with Crippen molar-refractivity contribution in [3.63, 3.8) is 0 Å². The minimum Gasteiger partial charge on any atom is -0.397 e. The van der Waals surface area contributed by atoms with Crippen molar-refractivity contribution in [3.05, 3.63) is 52.3 Å². The summed E-state index contributed by atoms with van der Waals surface area (Å²) < 4.78 is 0. The van der Waals surface area contributed by atoms with Crippen molar-refractivity contribution >= 4 is 40.5 Å². The van der Waals surface area contributed by atoms with E-state index in [9.17, 15) is 4.79 Å². The second kappa shape index (κ2) is 5.25. The molecule has 0 atom stereocenters. The van der Waals surface area contributed by atoms with Gasteiger partial charge in [0.2, 0.25) is 0 Å². The molecule has 0 unspecified atom stereocenters. The Morgan fingerprint density at radius 1 is 1.22 bits per heavy atom. The average molecular weight is 282 g/mol. The maximum Gasteiger partial charge on any atom is 0.276 e. The van der Waals surface area contributed by atoms with E-state index in [1.807, 2.05) is 0 Å². The SMILES string of the molecule is Nc1cccnc1C(=O)Nc1cc(Cl)cc(Cl)c1. The lowest BCUT2D eigenvalue weighted by Crippen LogP contribution is -2.15. The number of nitrogens with zero attached hydrogens (tertiary/aromatic N) is 1. The van der Waals surface area contributed by atoms with Crippen molar-refractivity contribution in [2.75, 3.05) is 11.1 Å². The van der Waals surface area contributed by atoms with E-state index in [2.05, 4.69) is 10.3 Å². The second-order valence-electron chi connectivity index (χ2n) is 3.55. The van der Waals surface area contributed by atoms with Gasteiger partial charge in [-0.05, 0) is 30.3 Å². The van der Waals surface area contributed by atoms with Crippen LogP contribution >= 0.6 is 23.2 Å². The van der Waals surface area contributed by atoms with Gasteiger partial charge in [-0.3, -0.25) is 4.79 Å². The summed E-state index contributed by atoms with van der Waals surface area (Å²) in [4.78, 5) is 15.8. The summed E-state index contributed by atoms with van der Waals surface area (Å²) in [5.74, 6) is -0.411. The molecule has 1 aromatic carbocycles. The number of nitrogen functional groups attached to an aromatic ring is 1. The van der Waals surface area contributed by atoms with Crippen molar-refractivity contribution in [1.29, 1.82) is 0 Å². The summed E-state index contributed by atoms with van der Waals surface area (Å²) in [5.41, 5.74) is 6.62. The first-order chi connectivity index (χ1) is 8.56. The summed E-state index contributed by atoms with van der Waals surface area (Å²) in [7, 11) is 0. The van der Waals surface area contributed by atoms with Crippen molar-refractivity contribution in [2.45, 2.75) is 0 Å². The Bertz CT molecular complexity index is 581. The highest BCUT2D eigenvalue weighted by Crippen LogP contribution is 2.23. The smallest absolute Gasteiger partial charge is 0.276 e. The molecule has 0 saturated heterocycles. The van der Waals surface area contributed by atoms with E-state index in [1.54, 1.807) is 30.3 Å². The van der Waals surface area contributed by atoms with E-state index in [0.29, 0.717) is 21.4 Å². The van der Waals surface area contributed by atoms with Gasteiger partial charge in [0.15, 0.2) is 5.69 Å². The first-order valence-corrected chi connectivity index (χ1v) is 5.80. The highest BCUT2D eigenvalue weighted by Gasteiger charge is 2.11. The molecule has 0 aliphatic heterocycles. The highest BCUT2D eigenvalue weighted by atomic mass is 35.5. The number of anilines is 2. The van der Waals surface area contributed by atoms with Crippen LogP contribution in [-0.2, 0) is 0 Å². The highest BCUT2D eigenvalue weighted by molar-refractivity contribution is 6.35. The molecule has 0 aliphatic rings. The Morgan fingerprint density at radius 3 is 2.50 bits per heavy atom. The average Bonchev–Trinajstić information content (AvgIpc) is 2.27. The van der Waals surface area contributed by atoms with Crippen molar-refractivity contribution in [3.8, 4) is 0 Å². The Balaban J connectivity index is 2.24. The van der Waals surface area contributed by atoms with Gasteiger partial charge in [0.1, 0.15) is 0 Å². The van der Waals surface area contributed by atoms with Crippen LogP contribution in [0, 0.1) is 0 Å². The van der Waals surface area contributed by atoms with Crippen LogP contribution in [0.3, 0.4) is 0 Å². The summed E-state index contributed by atoms with van der Waals surface area (Å²) in [5, 5.41) is 3.50. The minimum atomic E-state index is -0.411. The summed E-state index contributed by atoms with van der Waals surface area (Å²) in [6, 6.07) is 8.01. The molecule has 2 rings (SSSR count). The molecule has 0 spiro atoms.